The predicted octanol–water partition coefficient (Wildman–Crippen LogP) is 12.2. The third-order valence-electron chi connectivity index (χ3n) is 8.40. The topological polar surface area (TPSA) is 69.7 Å². The van der Waals surface area contributed by atoms with Crippen molar-refractivity contribution in [1.82, 2.24) is 0 Å². The highest BCUT2D eigenvalue weighted by molar-refractivity contribution is 9.08. The Bertz CT molecular complexity index is 2390. The molecule has 2 heterocycles. The van der Waals surface area contributed by atoms with Gasteiger partial charge < -0.3 is 9.47 Å². The van der Waals surface area contributed by atoms with Crippen LogP contribution >= 0.6 is 38.6 Å². The van der Waals surface area contributed by atoms with Crippen molar-refractivity contribution < 1.29 is 23.9 Å². The number of ether oxygens (including phenoxy) is 2. The molecule has 262 valence electrons. The summed E-state index contributed by atoms with van der Waals surface area (Å²) in [7, 11) is 0. The van der Waals surface area contributed by atoms with Gasteiger partial charge in [0.05, 0.1) is 24.3 Å². The smallest absolute Gasteiger partial charge is 0.338 e. The fourth-order valence-corrected chi connectivity index (χ4v) is 8.77. The molecule has 0 unspecified atom stereocenters. The van der Waals surface area contributed by atoms with E-state index >= 15 is 0 Å². The van der Waals surface area contributed by atoms with E-state index in [1.807, 2.05) is 74.5 Å². The van der Waals surface area contributed by atoms with Gasteiger partial charge in [0.25, 0.3) is 0 Å². The van der Waals surface area contributed by atoms with Crippen molar-refractivity contribution in [3.05, 3.63) is 153 Å². The molecule has 0 bridgehead atoms. The van der Waals surface area contributed by atoms with Crippen molar-refractivity contribution in [1.29, 1.82) is 0 Å². The van der Waals surface area contributed by atoms with Crippen molar-refractivity contribution in [2.45, 2.75) is 32.5 Å². The number of Topliss-reactive ketones (excluding diaryl/α,β-unsaturated/α-hetero) is 1. The first-order valence-corrected chi connectivity index (χ1v) is 19.8. The number of thiophene rings is 2. The molecule has 5 aromatic carbocycles. The van der Waals surface area contributed by atoms with Crippen LogP contribution in [0, 0.1) is 0 Å². The van der Waals surface area contributed by atoms with Crippen LogP contribution in [-0.2, 0) is 21.2 Å². The Morgan fingerprint density at radius 2 is 1.06 bits per heavy atom. The maximum atomic E-state index is 12.1. The lowest BCUT2D eigenvalue weighted by Crippen LogP contribution is -2.04. The van der Waals surface area contributed by atoms with Crippen LogP contribution in [0.1, 0.15) is 67.2 Å². The van der Waals surface area contributed by atoms with Crippen molar-refractivity contribution in [3.63, 3.8) is 0 Å². The van der Waals surface area contributed by atoms with Crippen molar-refractivity contribution in [3.8, 4) is 22.3 Å². The lowest BCUT2D eigenvalue weighted by atomic mass is 10.0. The number of fused-ring (bicyclic) bond motifs is 2. The molecule has 0 radical (unpaired) electrons. The van der Waals surface area contributed by atoms with Crippen LogP contribution in [0.5, 0.6) is 0 Å². The average molecular weight is 790 g/mol. The minimum Gasteiger partial charge on any atom is -0.462 e. The minimum atomic E-state index is -0.302. The van der Waals surface area contributed by atoms with Crippen LogP contribution in [0.4, 0.5) is 0 Å². The van der Waals surface area contributed by atoms with E-state index in [0.717, 1.165) is 45.1 Å². The lowest BCUT2D eigenvalue weighted by molar-refractivity contribution is 0.0517. The molecule has 0 spiro atoms. The first-order chi connectivity index (χ1) is 25.3. The maximum Gasteiger partial charge on any atom is 0.338 e. The Morgan fingerprint density at radius 1 is 0.577 bits per heavy atom. The van der Waals surface area contributed by atoms with Gasteiger partial charge in [0, 0.05) is 36.5 Å². The molecule has 0 aliphatic carbocycles. The summed E-state index contributed by atoms with van der Waals surface area (Å²) in [5, 5.41) is 3.27. The molecule has 0 N–H and O–H groups in total. The maximum absolute atomic E-state index is 12.1. The summed E-state index contributed by atoms with van der Waals surface area (Å²) in [4.78, 5) is 38.3. The zero-order chi connectivity index (χ0) is 36.6. The summed E-state index contributed by atoms with van der Waals surface area (Å²) in [6, 6.07) is 40.0. The Labute approximate surface area is 320 Å². The van der Waals surface area contributed by atoms with E-state index in [4.69, 9.17) is 9.47 Å². The molecule has 0 fully saturated rings. The Morgan fingerprint density at radius 3 is 1.58 bits per heavy atom. The second kappa shape index (κ2) is 17.1. The Balaban J connectivity index is 0.000000187. The number of alkyl halides is 1. The van der Waals surface area contributed by atoms with E-state index in [1.165, 1.54) is 29.9 Å². The minimum absolute atomic E-state index is 0.0805. The van der Waals surface area contributed by atoms with Crippen LogP contribution in [-0.4, -0.2) is 30.9 Å². The van der Waals surface area contributed by atoms with Gasteiger partial charge in [-0.15, -0.1) is 22.7 Å². The van der Waals surface area contributed by atoms with E-state index in [9.17, 15) is 14.4 Å². The van der Waals surface area contributed by atoms with Crippen LogP contribution in [0.15, 0.2) is 121 Å². The highest BCUT2D eigenvalue weighted by Gasteiger charge is 2.14. The van der Waals surface area contributed by atoms with Crippen molar-refractivity contribution in [2.75, 3.05) is 13.2 Å². The summed E-state index contributed by atoms with van der Waals surface area (Å²) in [5.74, 6) is -0.496. The Hall–Kier alpha value is -4.89. The zero-order valence-electron chi connectivity index (χ0n) is 29.1. The number of carbonyl (C=O) groups is 3. The number of halogens is 1. The summed E-state index contributed by atoms with van der Waals surface area (Å²) in [6.45, 7) is 5.96. The monoisotopic (exact) mass is 788 g/mol. The van der Waals surface area contributed by atoms with Crippen LogP contribution in [0.2, 0.25) is 0 Å². The third-order valence-corrected chi connectivity index (χ3v) is 11.7. The molecule has 8 heteroatoms. The number of esters is 2. The molecular weight excluding hydrogens is 753 g/mol. The quantitative estimate of drug-likeness (QED) is 0.0784. The number of rotatable bonds is 10. The lowest BCUT2D eigenvalue weighted by Gasteiger charge is -2.06. The average Bonchev–Trinajstić information content (AvgIpc) is 3.79. The molecule has 5 nitrogen and oxygen atoms in total. The molecular formula is C44H37BrO5S2. The van der Waals surface area contributed by atoms with Crippen LogP contribution < -0.4 is 0 Å². The third kappa shape index (κ3) is 8.59. The predicted molar refractivity (Wildman–Crippen MR) is 218 cm³/mol. The molecule has 2 aromatic heterocycles. The highest BCUT2D eigenvalue weighted by atomic mass is 79.9. The van der Waals surface area contributed by atoms with E-state index in [0.29, 0.717) is 24.3 Å². The first-order valence-electron chi connectivity index (χ1n) is 17.0. The largest absolute Gasteiger partial charge is 0.462 e. The second-order valence-corrected chi connectivity index (χ2v) is 14.9. The van der Waals surface area contributed by atoms with Gasteiger partial charge >= 0.3 is 11.9 Å². The summed E-state index contributed by atoms with van der Waals surface area (Å²) in [6.07, 6.45) is 0.781. The van der Waals surface area contributed by atoms with Crippen molar-refractivity contribution in [2.24, 2.45) is 0 Å². The number of hydrogen-bond donors (Lipinski definition) is 0. The molecule has 52 heavy (non-hydrogen) atoms. The van der Waals surface area contributed by atoms with E-state index in [2.05, 4.69) is 64.5 Å². The van der Waals surface area contributed by atoms with Gasteiger partial charge in [0.15, 0.2) is 5.78 Å². The van der Waals surface area contributed by atoms with Crippen LogP contribution in [0.25, 0.3) is 42.4 Å². The zero-order valence-corrected chi connectivity index (χ0v) is 32.3. The SMILES string of the molecule is CCOC(=O)c1cccc(-c2cccc3cc(CBr)sc23)c1.CCOC(=O)c1cccc(-c2cccc3cc(Cc4cccc(C(C)=O)c4)sc23)c1. The van der Waals surface area contributed by atoms with Gasteiger partial charge in [-0.05, 0) is 102 Å². The normalized spacial score (nSPS) is 10.8. The van der Waals surface area contributed by atoms with Gasteiger partial charge in [0.1, 0.15) is 0 Å². The first kappa shape index (κ1) is 36.9. The molecule has 0 saturated heterocycles. The molecule has 7 aromatic rings. The summed E-state index contributed by atoms with van der Waals surface area (Å²) in [5.41, 5.74) is 7.31. The van der Waals surface area contributed by atoms with E-state index in [1.54, 1.807) is 41.7 Å². The number of carbonyl (C=O) groups excluding carboxylic acids is 3. The molecule has 7 rings (SSSR count). The van der Waals surface area contributed by atoms with Gasteiger partial charge in [0.2, 0.25) is 0 Å². The van der Waals surface area contributed by atoms with Crippen molar-refractivity contribution >= 4 is 76.5 Å². The van der Waals surface area contributed by atoms with Crippen LogP contribution in [0.3, 0.4) is 0 Å². The highest BCUT2D eigenvalue weighted by Crippen LogP contribution is 2.37. The van der Waals surface area contributed by atoms with E-state index in [-0.39, 0.29) is 17.7 Å². The molecule has 0 amide bonds. The van der Waals surface area contributed by atoms with Gasteiger partial charge in [-0.2, -0.15) is 0 Å². The summed E-state index contributed by atoms with van der Waals surface area (Å²) < 4.78 is 12.7. The molecule has 0 atom stereocenters. The summed E-state index contributed by atoms with van der Waals surface area (Å²) >= 11 is 7.04. The number of ketones is 1. The molecule has 0 aliphatic rings. The fourth-order valence-electron chi connectivity index (χ4n) is 6.00. The number of benzene rings is 5. The van der Waals surface area contributed by atoms with Gasteiger partial charge in [-0.3, -0.25) is 4.79 Å². The van der Waals surface area contributed by atoms with E-state index < -0.39 is 0 Å². The standard InChI is InChI=1S/C26H22O3S.C18H15BrO2S/c1-3-29-26(28)22-11-5-9-20(15-22)24-12-6-10-21-16-23(30-25(21)24)14-18-7-4-8-19(13-18)17(2)27;1-2-21-18(20)14-7-3-5-12(9-14)16-8-4-6-13-10-15(11-19)22-17(13)16/h4-13,15-16H,3,14H2,1-2H3;3-10H,2,11H2,1H3. The molecule has 0 aliphatic heterocycles. The Kier molecular flexibility index (Phi) is 12.1. The second-order valence-electron chi connectivity index (χ2n) is 12.0. The van der Waals surface area contributed by atoms with Gasteiger partial charge in [-0.1, -0.05) is 94.8 Å². The fraction of sp³-hybridized carbons (Fsp3) is 0.159. The molecule has 0 saturated carbocycles. The number of hydrogen-bond acceptors (Lipinski definition) is 7. The van der Waals surface area contributed by atoms with Gasteiger partial charge in [-0.25, -0.2) is 9.59 Å².